The summed E-state index contributed by atoms with van der Waals surface area (Å²) in [5.74, 6) is 0. The summed E-state index contributed by atoms with van der Waals surface area (Å²) in [4.78, 5) is 4.53. The molecule has 2 aromatic carbocycles. The number of aliphatic imine (C=N–C) groups is 1. The van der Waals surface area contributed by atoms with Crippen LogP contribution >= 0.6 is 0 Å². The molecule has 0 spiro atoms. The Balaban J connectivity index is 2.05. The van der Waals surface area contributed by atoms with Crippen LogP contribution in [0.2, 0.25) is 0 Å². The third-order valence-electron chi connectivity index (χ3n) is 2.94. The summed E-state index contributed by atoms with van der Waals surface area (Å²) in [6.07, 6.45) is 0.382. The molecule has 18 heavy (non-hydrogen) atoms. The van der Waals surface area contributed by atoms with Crippen molar-refractivity contribution in [3.05, 3.63) is 60.2 Å². The van der Waals surface area contributed by atoms with Crippen molar-refractivity contribution in [3.8, 4) is 0 Å². The molecule has 90 valence electrons. The quantitative estimate of drug-likeness (QED) is 0.788. The zero-order chi connectivity index (χ0) is 12.6. The van der Waals surface area contributed by atoms with Crippen LogP contribution in [0, 0.1) is 0 Å². The van der Waals surface area contributed by atoms with Gasteiger partial charge in [-0.15, -0.1) is 0 Å². The molecule has 0 fully saturated rings. The Morgan fingerprint density at radius 2 is 1.56 bits per heavy atom. The van der Waals surface area contributed by atoms with E-state index in [0.29, 0.717) is 11.3 Å². The number of sulfone groups is 1. The molecular formula is C14H11NO2S. The lowest BCUT2D eigenvalue weighted by atomic mass is 10.2. The highest BCUT2D eigenvalue weighted by Crippen LogP contribution is 2.29. The monoisotopic (exact) mass is 257 g/mol. The summed E-state index contributed by atoms with van der Waals surface area (Å²) in [6, 6.07) is 15.9. The minimum absolute atomic E-state index is 0.231. The van der Waals surface area contributed by atoms with Gasteiger partial charge in [-0.2, -0.15) is 0 Å². The van der Waals surface area contributed by atoms with Gasteiger partial charge in [-0.05, 0) is 23.8 Å². The first-order valence-corrected chi connectivity index (χ1v) is 7.12. The summed E-state index contributed by atoms with van der Waals surface area (Å²) in [7, 11) is -3.46. The third-order valence-corrected chi connectivity index (χ3v) is 4.69. The molecule has 1 heterocycles. The van der Waals surface area contributed by atoms with E-state index in [1.165, 1.54) is 0 Å². The molecule has 0 aliphatic carbocycles. The van der Waals surface area contributed by atoms with E-state index in [-0.39, 0.29) is 5.04 Å². The molecule has 4 heteroatoms. The van der Waals surface area contributed by atoms with Gasteiger partial charge in [0.25, 0.3) is 0 Å². The second-order valence-corrected chi connectivity index (χ2v) is 6.08. The van der Waals surface area contributed by atoms with E-state index in [0.717, 1.165) is 11.3 Å². The van der Waals surface area contributed by atoms with Crippen molar-refractivity contribution >= 4 is 20.6 Å². The molecule has 0 aromatic heterocycles. The molecule has 3 nitrogen and oxygen atoms in total. The first kappa shape index (κ1) is 11.2. The zero-order valence-corrected chi connectivity index (χ0v) is 10.4. The summed E-state index contributed by atoms with van der Waals surface area (Å²) in [6.45, 7) is 0. The molecule has 0 N–H and O–H groups in total. The molecule has 1 aliphatic heterocycles. The van der Waals surface area contributed by atoms with Gasteiger partial charge in [0, 0.05) is 6.42 Å². The van der Waals surface area contributed by atoms with Gasteiger partial charge in [-0.25, -0.2) is 13.4 Å². The second-order valence-electron chi connectivity index (χ2n) is 4.13. The summed E-state index contributed by atoms with van der Waals surface area (Å²) in [5.41, 5.74) is 1.72. The van der Waals surface area contributed by atoms with Crippen molar-refractivity contribution in [2.24, 2.45) is 4.99 Å². The van der Waals surface area contributed by atoms with E-state index in [1.807, 2.05) is 24.3 Å². The lowest BCUT2D eigenvalue weighted by molar-refractivity contribution is 0.607. The number of fused-ring (bicyclic) bond motifs is 1. The van der Waals surface area contributed by atoms with Gasteiger partial charge in [-0.3, -0.25) is 0 Å². The highest BCUT2D eigenvalue weighted by atomic mass is 32.2. The topological polar surface area (TPSA) is 46.5 Å². The zero-order valence-electron chi connectivity index (χ0n) is 9.58. The normalized spacial score (nSPS) is 14.1. The predicted molar refractivity (Wildman–Crippen MR) is 70.9 cm³/mol. The van der Waals surface area contributed by atoms with Crippen molar-refractivity contribution in [1.29, 1.82) is 0 Å². The van der Waals surface area contributed by atoms with Crippen molar-refractivity contribution in [1.82, 2.24) is 0 Å². The number of para-hydroxylation sites is 1. The van der Waals surface area contributed by atoms with Gasteiger partial charge >= 0.3 is 0 Å². The van der Waals surface area contributed by atoms with Crippen LogP contribution < -0.4 is 0 Å². The number of nitrogens with zero attached hydrogens (tertiary/aromatic N) is 1. The molecule has 0 atom stereocenters. The third kappa shape index (κ3) is 1.75. The van der Waals surface area contributed by atoms with Gasteiger partial charge in [0.1, 0.15) is 5.04 Å². The Labute approximate surface area is 106 Å². The van der Waals surface area contributed by atoms with E-state index < -0.39 is 9.84 Å². The lowest BCUT2D eigenvalue weighted by Gasteiger charge is -2.02. The Morgan fingerprint density at radius 3 is 2.28 bits per heavy atom. The fourth-order valence-corrected chi connectivity index (χ4v) is 3.35. The van der Waals surface area contributed by atoms with Crippen LogP contribution in [0.1, 0.15) is 5.56 Å². The molecule has 0 amide bonds. The average molecular weight is 257 g/mol. The summed E-state index contributed by atoms with van der Waals surface area (Å²) in [5, 5.41) is 0.231. The molecule has 0 bridgehead atoms. The fourth-order valence-electron chi connectivity index (χ4n) is 2.00. The average Bonchev–Trinajstić information content (AvgIpc) is 2.84. The molecule has 1 aliphatic rings. The Morgan fingerprint density at radius 1 is 0.889 bits per heavy atom. The van der Waals surface area contributed by atoms with E-state index in [4.69, 9.17) is 0 Å². The number of rotatable bonds is 1. The SMILES string of the molecule is O=S(=O)(C1=Nc2ccccc2C1)c1ccccc1. The van der Waals surface area contributed by atoms with E-state index in [1.54, 1.807) is 30.3 Å². The number of hydrogen-bond donors (Lipinski definition) is 0. The first-order valence-electron chi connectivity index (χ1n) is 5.63. The van der Waals surface area contributed by atoms with Gasteiger partial charge in [0.2, 0.25) is 9.84 Å². The molecule has 0 radical (unpaired) electrons. The van der Waals surface area contributed by atoms with E-state index in [2.05, 4.69) is 4.99 Å². The van der Waals surface area contributed by atoms with Crippen LogP contribution in [0.15, 0.2) is 64.5 Å². The largest absolute Gasteiger partial charge is 0.240 e. The Kier molecular flexibility index (Phi) is 2.52. The molecule has 0 saturated heterocycles. The molecule has 0 saturated carbocycles. The molecule has 0 unspecified atom stereocenters. The fraction of sp³-hybridized carbons (Fsp3) is 0.0714. The number of hydrogen-bond acceptors (Lipinski definition) is 3. The first-order chi connectivity index (χ1) is 8.68. The highest BCUT2D eigenvalue weighted by molar-refractivity contribution is 8.06. The van der Waals surface area contributed by atoms with Gasteiger partial charge < -0.3 is 0 Å². The molecule has 2 aromatic rings. The van der Waals surface area contributed by atoms with Crippen molar-refractivity contribution in [2.45, 2.75) is 11.3 Å². The summed E-state index contributed by atoms with van der Waals surface area (Å²) < 4.78 is 24.7. The maximum Gasteiger partial charge on any atom is 0.220 e. The van der Waals surface area contributed by atoms with Gasteiger partial charge in [0.05, 0.1) is 10.6 Å². The Hall–Kier alpha value is -1.94. The van der Waals surface area contributed by atoms with Crippen LogP contribution in [0.3, 0.4) is 0 Å². The minimum atomic E-state index is -3.46. The van der Waals surface area contributed by atoms with Crippen LogP contribution in [0.4, 0.5) is 5.69 Å². The van der Waals surface area contributed by atoms with Crippen molar-refractivity contribution in [3.63, 3.8) is 0 Å². The van der Waals surface area contributed by atoms with Crippen LogP contribution in [-0.4, -0.2) is 13.5 Å². The van der Waals surface area contributed by atoms with Crippen LogP contribution in [-0.2, 0) is 16.3 Å². The lowest BCUT2D eigenvalue weighted by Crippen LogP contribution is -2.14. The molecular weight excluding hydrogens is 246 g/mol. The van der Waals surface area contributed by atoms with E-state index in [9.17, 15) is 8.42 Å². The maximum atomic E-state index is 12.4. The predicted octanol–water partition coefficient (Wildman–Crippen LogP) is 2.75. The number of benzene rings is 2. The van der Waals surface area contributed by atoms with Crippen LogP contribution in [0.5, 0.6) is 0 Å². The van der Waals surface area contributed by atoms with Crippen molar-refractivity contribution in [2.75, 3.05) is 0 Å². The Bertz CT molecular complexity index is 718. The standard InChI is InChI=1S/C14H11NO2S/c16-18(17,12-7-2-1-3-8-12)14-10-11-6-4-5-9-13(11)15-14/h1-9H,10H2. The van der Waals surface area contributed by atoms with Crippen LogP contribution in [0.25, 0.3) is 0 Å². The second kappa shape index (κ2) is 4.07. The highest BCUT2D eigenvalue weighted by Gasteiger charge is 2.27. The molecule has 3 rings (SSSR count). The van der Waals surface area contributed by atoms with Gasteiger partial charge in [0.15, 0.2) is 0 Å². The minimum Gasteiger partial charge on any atom is -0.240 e. The maximum absolute atomic E-state index is 12.4. The summed E-state index contributed by atoms with van der Waals surface area (Å²) >= 11 is 0. The van der Waals surface area contributed by atoms with E-state index >= 15 is 0 Å². The van der Waals surface area contributed by atoms with Crippen molar-refractivity contribution < 1.29 is 8.42 Å². The van der Waals surface area contributed by atoms with Gasteiger partial charge in [-0.1, -0.05) is 36.4 Å². The smallest absolute Gasteiger partial charge is 0.220 e.